The van der Waals surface area contributed by atoms with Gasteiger partial charge in [0, 0.05) is 13.7 Å². The van der Waals surface area contributed by atoms with E-state index in [9.17, 15) is 5.11 Å². The molecule has 0 aromatic heterocycles. The van der Waals surface area contributed by atoms with Crippen LogP contribution >= 0.6 is 0 Å². The van der Waals surface area contributed by atoms with Crippen LogP contribution in [0.15, 0.2) is 0 Å². The van der Waals surface area contributed by atoms with E-state index in [1.165, 1.54) is 19.3 Å². The number of hydrogen-bond donors (Lipinski definition) is 2. The lowest BCUT2D eigenvalue weighted by atomic mass is 9.85. The SMILES string of the molecule is COCC(C)OCC(O)CNCC1CCC1. The molecular formula is C12H25NO3. The highest BCUT2D eigenvalue weighted by Crippen LogP contribution is 2.24. The number of ether oxygens (including phenoxy) is 2. The van der Waals surface area contributed by atoms with Gasteiger partial charge >= 0.3 is 0 Å². The molecule has 0 saturated heterocycles. The molecule has 1 saturated carbocycles. The Labute approximate surface area is 98.3 Å². The molecule has 16 heavy (non-hydrogen) atoms. The van der Waals surface area contributed by atoms with E-state index in [4.69, 9.17) is 9.47 Å². The van der Waals surface area contributed by atoms with Gasteiger partial charge in [0.1, 0.15) is 0 Å². The van der Waals surface area contributed by atoms with E-state index in [2.05, 4.69) is 5.32 Å². The molecule has 1 aliphatic rings. The van der Waals surface area contributed by atoms with Gasteiger partial charge in [-0.2, -0.15) is 0 Å². The quantitative estimate of drug-likeness (QED) is 0.616. The van der Waals surface area contributed by atoms with Crippen molar-refractivity contribution in [3.8, 4) is 0 Å². The third-order valence-corrected chi connectivity index (χ3v) is 3.01. The Balaban J connectivity index is 1.90. The van der Waals surface area contributed by atoms with Crippen LogP contribution in [0.1, 0.15) is 26.2 Å². The van der Waals surface area contributed by atoms with Gasteiger partial charge in [0.25, 0.3) is 0 Å². The Kier molecular flexibility index (Phi) is 6.96. The zero-order valence-corrected chi connectivity index (χ0v) is 10.4. The van der Waals surface area contributed by atoms with Crippen molar-refractivity contribution >= 4 is 0 Å². The van der Waals surface area contributed by atoms with E-state index in [1.807, 2.05) is 6.92 Å². The molecule has 2 atom stereocenters. The summed E-state index contributed by atoms with van der Waals surface area (Å²) in [6.45, 7) is 4.54. The van der Waals surface area contributed by atoms with Gasteiger partial charge in [-0.1, -0.05) is 6.42 Å². The Morgan fingerprint density at radius 3 is 2.69 bits per heavy atom. The maximum Gasteiger partial charge on any atom is 0.0897 e. The van der Waals surface area contributed by atoms with Crippen molar-refractivity contribution < 1.29 is 14.6 Å². The summed E-state index contributed by atoms with van der Waals surface area (Å²) in [5.41, 5.74) is 0. The molecular weight excluding hydrogens is 206 g/mol. The number of aliphatic hydroxyl groups is 1. The first-order chi connectivity index (χ1) is 7.72. The fourth-order valence-corrected chi connectivity index (χ4v) is 1.77. The van der Waals surface area contributed by atoms with E-state index >= 15 is 0 Å². The Morgan fingerprint density at radius 1 is 1.38 bits per heavy atom. The van der Waals surface area contributed by atoms with E-state index in [-0.39, 0.29) is 6.10 Å². The topological polar surface area (TPSA) is 50.7 Å². The van der Waals surface area contributed by atoms with Gasteiger partial charge in [0.05, 0.1) is 25.4 Å². The lowest BCUT2D eigenvalue weighted by Gasteiger charge is -2.26. The van der Waals surface area contributed by atoms with Gasteiger partial charge in [-0.25, -0.2) is 0 Å². The summed E-state index contributed by atoms with van der Waals surface area (Å²) < 4.78 is 10.4. The molecule has 0 spiro atoms. The fourth-order valence-electron chi connectivity index (χ4n) is 1.77. The average molecular weight is 231 g/mol. The van der Waals surface area contributed by atoms with E-state index in [0.717, 1.165) is 12.5 Å². The van der Waals surface area contributed by atoms with Crippen LogP contribution in [0.2, 0.25) is 0 Å². The van der Waals surface area contributed by atoms with Crippen molar-refractivity contribution in [1.29, 1.82) is 0 Å². The third kappa shape index (κ3) is 5.80. The van der Waals surface area contributed by atoms with Gasteiger partial charge < -0.3 is 19.9 Å². The molecule has 2 unspecified atom stereocenters. The highest BCUT2D eigenvalue weighted by molar-refractivity contribution is 4.72. The molecule has 0 aromatic rings. The minimum absolute atomic E-state index is 0.0475. The molecule has 1 fully saturated rings. The van der Waals surface area contributed by atoms with Crippen LogP contribution in [0.25, 0.3) is 0 Å². The van der Waals surface area contributed by atoms with E-state index < -0.39 is 6.10 Å². The largest absolute Gasteiger partial charge is 0.389 e. The summed E-state index contributed by atoms with van der Waals surface area (Å²) in [6, 6.07) is 0. The number of rotatable bonds is 9. The normalized spacial score (nSPS) is 20.4. The van der Waals surface area contributed by atoms with Crippen LogP contribution in [0.4, 0.5) is 0 Å². The van der Waals surface area contributed by atoms with Crippen LogP contribution in [0.3, 0.4) is 0 Å². The molecule has 0 bridgehead atoms. The number of aliphatic hydroxyl groups excluding tert-OH is 1. The number of methoxy groups -OCH3 is 1. The van der Waals surface area contributed by atoms with Gasteiger partial charge in [0.15, 0.2) is 0 Å². The van der Waals surface area contributed by atoms with Crippen LogP contribution in [0.5, 0.6) is 0 Å². The van der Waals surface area contributed by atoms with E-state index in [0.29, 0.717) is 19.8 Å². The highest BCUT2D eigenvalue weighted by Gasteiger charge is 2.17. The second-order valence-electron chi connectivity index (χ2n) is 4.71. The molecule has 0 aliphatic heterocycles. The van der Waals surface area contributed by atoms with Crippen molar-refractivity contribution in [2.24, 2.45) is 5.92 Å². The Hall–Kier alpha value is -0.160. The second kappa shape index (κ2) is 8.01. The monoisotopic (exact) mass is 231 g/mol. The smallest absolute Gasteiger partial charge is 0.0897 e. The summed E-state index contributed by atoms with van der Waals surface area (Å²) in [6.07, 6.45) is 3.67. The first-order valence-corrected chi connectivity index (χ1v) is 6.21. The lowest BCUT2D eigenvalue weighted by molar-refractivity contribution is -0.0313. The van der Waals surface area contributed by atoms with Crippen molar-refractivity contribution in [3.63, 3.8) is 0 Å². The van der Waals surface area contributed by atoms with Crippen molar-refractivity contribution in [1.82, 2.24) is 5.32 Å². The minimum Gasteiger partial charge on any atom is -0.389 e. The molecule has 0 radical (unpaired) electrons. The molecule has 0 heterocycles. The summed E-state index contributed by atoms with van der Waals surface area (Å²) in [4.78, 5) is 0. The summed E-state index contributed by atoms with van der Waals surface area (Å²) in [7, 11) is 1.65. The van der Waals surface area contributed by atoms with Crippen LogP contribution < -0.4 is 5.32 Å². The summed E-state index contributed by atoms with van der Waals surface area (Å²) >= 11 is 0. The standard InChI is InChI=1S/C12H25NO3/c1-10(8-15-2)16-9-12(14)7-13-6-11-4-3-5-11/h10-14H,3-9H2,1-2H3. The minimum atomic E-state index is -0.417. The molecule has 1 rings (SSSR count). The van der Waals surface area contributed by atoms with Gasteiger partial charge in [-0.05, 0) is 32.2 Å². The second-order valence-corrected chi connectivity index (χ2v) is 4.71. The first-order valence-electron chi connectivity index (χ1n) is 6.21. The van der Waals surface area contributed by atoms with Crippen LogP contribution in [0, 0.1) is 5.92 Å². The molecule has 96 valence electrons. The lowest BCUT2D eigenvalue weighted by Crippen LogP contribution is -2.36. The Morgan fingerprint density at radius 2 is 2.12 bits per heavy atom. The zero-order chi connectivity index (χ0) is 11.8. The van der Waals surface area contributed by atoms with Gasteiger partial charge in [-0.15, -0.1) is 0 Å². The number of hydrogen-bond acceptors (Lipinski definition) is 4. The van der Waals surface area contributed by atoms with Crippen molar-refractivity contribution in [3.05, 3.63) is 0 Å². The van der Waals surface area contributed by atoms with Gasteiger partial charge in [-0.3, -0.25) is 0 Å². The summed E-state index contributed by atoms with van der Waals surface area (Å²) in [5, 5.41) is 12.9. The van der Waals surface area contributed by atoms with Crippen LogP contribution in [-0.2, 0) is 9.47 Å². The van der Waals surface area contributed by atoms with Crippen LogP contribution in [-0.4, -0.2) is 50.7 Å². The maximum atomic E-state index is 9.64. The average Bonchev–Trinajstić information content (AvgIpc) is 2.19. The third-order valence-electron chi connectivity index (χ3n) is 3.01. The number of nitrogens with one attached hydrogen (secondary N) is 1. The zero-order valence-electron chi connectivity index (χ0n) is 10.4. The Bertz CT molecular complexity index is 174. The van der Waals surface area contributed by atoms with Crippen molar-refractivity contribution in [2.75, 3.05) is 33.4 Å². The highest BCUT2D eigenvalue weighted by atomic mass is 16.5. The first kappa shape index (κ1) is 13.9. The predicted molar refractivity (Wildman–Crippen MR) is 63.5 cm³/mol. The van der Waals surface area contributed by atoms with Crippen molar-refractivity contribution in [2.45, 2.75) is 38.4 Å². The molecule has 0 amide bonds. The molecule has 0 aromatic carbocycles. The molecule has 4 heteroatoms. The van der Waals surface area contributed by atoms with Gasteiger partial charge in [0.2, 0.25) is 0 Å². The summed E-state index contributed by atoms with van der Waals surface area (Å²) in [5.74, 6) is 0.834. The molecule has 4 nitrogen and oxygen atoms in total. The molecule has 1 aliphatic carbocycles. The fraction of sp³-hybridized carbons (Fsp3) is 1.00. The predicted octanol–water partition coefficient (Wildman–Crippen LogP) is 0.788. The maximum absolute atomic E-state index is 9.64. The van der Waals surface area contributed by atoms with E-state index in [1.54, 1.807) is 7.11 Å². The molecule has 2 N–H and O–H groups in total.